The van der Waals surface area contributed by atoms with Crippen LogP contribution < -0.4 is 15.8 Å². The van der Waals surface area contributed by atoms with Crippen LogP contribution >= 0.6 is 0 Å². The first kappa shape index (κ1) is 14.3. The molecule has 0 aliphatic rings. The lowest BCUT2D eigenvalue weighted by atomic mass is 10.2. The zero-order valence-corrected chi connectivity index (χ0v) is 11.3. The van der Waals surface area contributed by atoms with E-state index in [1.54, 1.807) is 6.20 Å². The molecular weight excluding hydrogens is 228 g/mol. The Bertz CT molecular complexity index is 390. The van der Waals surface area contributed by atoms with Crippen LogP contribution in [-0.4, -0.2) is 23.6 Å². The second-order valence-electron chi connectivity index (χ2n) is 4.26. The summed E-state index contributed by atoms with van der Waals surface area (Å²) >= 11 is 0. The van der Waals surface area contributed by atoms with Crippen molar-refractivity contribution in [2.75, 3.05) is 6.54 Å². The fourth-order valence-electron chi connectivity index (χ4n) is 1.35. The van der Waals surface area contributed by atoms with Crippen molar-refractivity contribution in [3.8, 4) is 5.88 Å². The lowest BCUT2D eigenvalue weighted by Crippen LogP contribution is -2.32. The Morgan fingerprint density at radius 2 is 2.33 bits per heavy atom. The Hall–Kier alpha value is -1.78. The van der Waals surface area contributed by atoms with Gasteiger partial charge in [0.15, 0.2) is 5.96 Å². The van der Waals surface area contributed by atoms with Gasteiger partial charge in [0, 0.05) is 18.3 Å². The fourth-order valence-corrected chi connectivity index (χ4v) is 1.35. The van der Waals surface area contributed by atoms with E-state index >= 15 is 0 Å². The van der Waals surface area contributed by atoms with Crippen LogP contribution in [0.25, 0.3) is 0 Å². The van der Waals surface area contributed by atoms with E-state index in [2.05, 4.69) is 22.2 Å². The zero-order chi connectivity index (χ0) is 13.4. The smallest absolute Gasteiger partial charge is 0.218 e. The third-order valence-electron chi connectivity index (χ3n) is 2.17. The second kappa shape index (κ2) is 7.53. The maximum Gasteiger partial charge on any atom is 0.218 e. The minimum atomic E-state index is 0.0955. The van der Waals surface area contributed by atoms with Crippen molar-refractivity contribution in [3.63, 3.8) is 0 Å². The molecule has 3 N–H and O–H groups in total. The van der Waals surface area contributed by atoms with Gasteiger partial charge in [-0.05, 0) is 26.3 Å². The van der Waals surface area contributed by atoms with Gasteiger partial charge in [0.1, 0.15) is 0 Å². The standard InChI is InChI=1S/C13H22N4O/c1-4-7-16-13(14)17-9-11-6-5-8-15-12(11)18-10(2)3/h5-6,8,10H,4,7,9H2,1-3H3,(H3,14,16,17). The third-order valence-corrected chi connectivity index (χ3v) is 2.17. The van der Waals surface area contributed by atoms with E-state index in [1.165, 1.54) is 0 Å². The van der Waals surface area contributed by atoms with Gasteiger partial charge in [-0.3, -0.25) is 0 Å². The molecule has 5 heteroatoms. The van der Waals surface area contributed by atoms with Crippen molar-refractivity contribution in [2.24, 2.45) is 10.7 Å². The molecule has 0 aliphatic carbocycles. The molecule has 0 bridgehead atoms. The Morgan fingerprint density at radius 1 is 1.56 bits per heavy atom. The third kappa shape index (κ3) is 5.03. The fraction of sp³-hybridized carbons (Fsp3) is 0.538. The molecule has 0 amide bonds. The lowest BCUT2D eigenvalue weighted by Gasteiger charge is -2.11. The van der Waals surface area contributed by atoms with Crippen LogP contribution in [0.3, 0.4) is 0 Å². The van der Waals surface area contributed by atoms with Crippen LogP contribution in [0.1, 0.15) is 32.8 Å². The topological polar surface area (TPSA) is 72.5 Å². The Kier molecular flexibility index (Phi) is 5.97. The zero-order valence-electron chi connectivity index (χ0n) is 11.3. The van der Waals surface area contributed by atoms with E-state index in [1.807, 2.05) is 26.0 Å². The first-order valence-corrected chi connectivity index (χ1v) is 6.27. The van der Waals surface area contributed by atoms with Crippen LogP contribution in [0.4, 0.5) is 0 Å². The average Bonchev–Trinajstić information content (AvgIpc) is 2.34. The average molecular weight is 250 g/mol. The molecule has 18 heavy (non-hydrogen) atoms. The van der Waals surface area contributed by atoms with Gasteiger partial charge in [-0.15, -0.1) is 0 Å². The normalized spacial score (nSPS) is 11.7. The summed E-state index contributed by atoms with van der Waals surface area (Å²) in [4.78, 5) is 8.47. The van der Waals surface area contributed by atoms with E-state index in [-0.39, 0.29) is 6.10 Å². The van der Waals surface area contributed by atoms with E-state index in [0.29, 0.717) is 18.4 Å². The number of ether oxygens (including phenoxy) is 1. The number of aliphatic imine (C=N–C) groups is 1. The van der Waals surface area contributed by atoms with E-state index < -0.39 is 0 Å². The quantitative estimate of drug-likeness (QED) is 0.595. The minimum absolute atomic E-state index is 0.0955. The SMILES string of the molecule is CCCNC(N)=NCc1cccnc1OC(C)C. The molecule has 0 atom stereocenters. The highest BCUT2D eigenvalue weighted by molar-refractivity contribution is 5.77. The molecule has 0 aliphatic heterocycles. The summed E-state index contributed by atoms with van der Waals surface area (Å²) in [7, 11) is 0. The van der Waals surface area contributed by atoms with Crippen molar-refractivity contribution in [3.05, 3.63) is 23.9 Å². The predicted molar refractivity (Wildman–Crippen MR) is 73.6 cm³/mol. The Labute approximate surface area is 108 Å². The van der Waals surface area contributed by atoms with Crippen molar-refractivity contribution >= 4 is 5.96 Å². The summed E-state index contributed by atoms with van der Waals surface area (Å²) < 4.78 is 5.62. The maximum absolute atomic E-state index is 5.74. The summed E-state index contributed by atoms with van der Waals surface area (Å²) in [5.74, 6) is 1.08. The van der Waals surface area contributed by atoms with Crippen molar-refractivity contribution in [2.45, 2.75) is 39.8 Å². The molecule has 1 aromatic heterocycles. The van der Waals surface area contributed by atoms with E-state index in [0.717, 1.165) is 18.5 Å². The molecule has 1 heterocycles. The number of aromatic nitrogens is 1. The van der Waals surface area contributed by atoms with Crippen LogP contribution in [0, 0.1) is 0 Å². The highest BCUT2D eigenvalue weighted by atomic mass is 16.5. The number of guanidine groups is 1. The summed E-state index contributed by atoms with van der Waals surface area (Å²) in [6.45, 7) is 7.32. The molecule has 0 aromatic carbocycles. The van der Waals surface area contributed by atoms with Crippen LogP contribution in [0.5, 0.6) is 5.88 Å². The molecule has 1 aromatic rings. The first-order chi connectivity index (χ1) is 8.63. The molecule has 100 valence electrons. The van der Waals surface area contributed by atoms with Gasteiger partial charge in [0.05, 0.1) is 12.6 Å². The van der Waals surface area contributed by atoms with E-state index in [4.69, 9.17) is 10.5 Å². The van der Waals surface area contributed by atoms with Crippen molar-refractivity contribution in [1.29, 1.82) is 0 Å². The Morgan fingerprint density at radius 3 is 3.00 bits per heavy atom. The number of rotatable bonds is 6. The second-order valence-corrected chi connectivity index (χ2v) is 4.26. The molecule has 0 saturated heterocycles. The van der Waals surface area contributed by atoms with Gasteiger partial charge in [-0.25, -0.2) is 9.98 Å². The number of pyridine rings is 1. The number of hydrogen-bond donors (Lipinski definition) is 2. The molecule has 1 rings (SSSR count). The number of nitrogens with two attached hydrogens (primary N) is 1. The highest BCUT2D eigenvalue weighted by Gasteiger charge is 2.05. The van der Waals surface area contributed by atoms with Gasteiger partial charge in [0.25, 0.3) is 0 Å². The van der Waals surface area contributed by atoms with Gasteiger partial charge >= 0.3 is 0 Å². The van der Waals surface area contributed by atoms with Crippen LogP contribution in [-0.2, 0) is 6.54 Å². The summed E-state index contributed by atoms with van der Waals surface area (Å²) in [5.41, 5.74) is 6.67. The van der Waals surface area contributed by atoms with Gasteiger partial charge in [-0.1, -0.05) is 13.0 Å². The summed E-state index contributed by atoms with van der Waals surface area (Å²) in [5, 5.41) is 3.03. The van der Waals surface area contributed by atoms with Crippen LogP contribution in [0.15, 0.2) is 23.3 Å². The summed E-state index contributed by atoms with van der Waals surface area (Å²) in [6, 6.07) is 3.81. The van der Waals surface area contributed by atoms with E-state index in [9.17, 15) is 0 Å². The summed E-state index contributed by atoms with van der Waals surface area (Å²) in [6.07, 6.45) is 2.83. The molecule has 0 radical (unpaired) electrons. The lowest BCUT2D eigenvalue weighted by molar-refractivity contribution is 0.230. The molecule has 0 unspecified atom stereocenters. The number of hydrogen-bond acceptors (Lipinski definition) is 3. The van der Waals surface area contributed by atoms with Crippen LogP contribution in [0.2, 0.25) is 0 Å². The van der Waals surface area contributed by atoms with Gasteiger partial charge in [-0.2, -0.15) is 0 Å². The predicted octanol–water partition coefficient (Wildman–Crippen LogP) is 1.68. The molecule has 0 spiro atoms. The largest absolute Gasteiger partial charge is 0.475 e. The number of nitrogens with one attached hydrogen (secondary N) is 1. The molecule has 0 saturated carbocycles. The maximum atomic E-state index is 5.74. The first-order valence-electron chi connectivity index (χ1n) is 6.27. The number of nitrogens with zero attached hydrogens (tertiary/aromatic N) is 2. The minimum Gasteiger partial charge on any atom is -0.475 e. The highest BCUT2D eigenvalue weighted by Crippen LogP contribution is 2.16. The monoisotopic (exact) mass is 250 g/mol. The van der Waals surface area contributed by atoms with Crippen molar-refractivity contribution in [1.82, 2.24) is 10.3 Å². The Balaban J connectivity index is 2.66. The van der Waals surface area contributed by atoms with Crippen molar-refractivity contribution < 1.29 is 4.74 Å². The molecule has 0 fully saturated rings. The molecular formula is C13H22N4O. The molecule has 5 nitrogen and oxygen atoms in total. The van der Waals surface area contributed by atoms with Gasteiger partial charge < -0.3 is 15.8 Å². The van der Waals surface area contributed by atoms with Gasteiger partial charge in [0.2, 0.25) is 5.88 Å².